The summed E-state index contributed by atoms with van der Waals surface area (Å²) in [5, 5.41) is 6.07. The van der Waals surface area contributed by atoms with Crippen LogP contribution in [0.4, 0.5) is 11.5 Å². The summed E-state index contributed by atoms with van der Waals surface area (Å²) in [6, 6.07) is 7.26. The number of benzene rings is 1. The van der Waals surface area contributed by atoms with Crippen LogP contribution in [0.1, 0.15) is 36.6 Å². The van der Waals surface area contributed by atoms with E-state index in [1.54, 1.807) is 13.0 Å². The quantitative estimate of drug-likeness (QED) is 0.878. The van der Waals surface area contributed by atoms with E-state index in [0.717, 1.165) is 12.1 Å². The normalized spacial score (nSPS) is 13.5. The largest absolute Gasteiger partial charge is 0.454 e. The van der Waals surface area contributed by atoms with Crippen molar-refractivity contribution in [2.24, 2.45) is 0 Å². The van der Waals surface area contributed by atoms with Gasteiger partial charge in [-0.15, -0.1) is 0 Å². The van der Waals surface area contributed by atoms with Crippen LogP contribution in [0.3, 0.4) is 0 Å². The molecule has 1 unspecified atom stereocenters. The van der Waals surface area contributed by atoms with Gasteiger partial charge in [0.25, 0.3) is 5.91 Å². The fourth-order valence-electron chi connectivity index (χ4n) is 2.27. The first kappa shape index (κ1) is 16.0. The van der Waals surface area contributed by atoms with Crippen LogP contribution in [0.2, 0.25) is 0 Å². The second-order valence-corrected chi connectivity index (χ2v) is 5.66. The predicted octanol–water partition coefficient (Wildman–Crippen LogP) is 2.79. The minimum absolute atomic E-state index is 0.0954. The van der Waals surface area contributed by atoms with Crippen LogP contribution in [0.25, 0.3) is 0 Å². The predicted molar refractivity (Wildman–Crippen MR) is 89.8 cm³/mol. The summed E-state index contributed by atoms with van der Waals surface area (Å²) in [6.07, 6.45) is 0.859. The lowest BCUT2D eigenvalue weighted by Crippen LogP contribution is -2.32. The topological polar surface area (TPSA) is 85.4 Å². The van der Waals surface area contributed by atoms with Crippen LogP contribution in [0.15, 0.2) is 24.3 Å². The number of carbonyl (C=O) groups is 1. The van der Waals surface area contributed by atoms with Crippen LogP contribution >= 0.6 is 0 Å². The van der Waals surface area contributed by atoms with E-state index in [2.05, 4.69) is 20.6 Å². The molecule has 0 fully saturated rings. The van der Waals surface area contributed by atoms with Gasteiger partial charge in [0.15, 0.2) is 11.5 Å². The highest BCUT2D eigenvalue weighted by atomic mass is 16.7. The molecule has 1 aliphatic rings. The van der Waals surface area contributed by atoms with Gasteiger partial charge < -0.3 is 20.1 Å². The Morgan fingerprint density at radius 1 is 1.25 bits per heavy atom. The van der Waals surface area contributed by atoms with Crippen molar-refractivity contribution in [3.63, 3.8) is 0 Å². The van der Waals surface area contributed by atoms with E-state index < -0.39 is 0 Å². The van der Waals surface area contributed by atoms with Gasteiger partial charge in [0, 0.05) is 23.9 Å². The van der Waals surface area contributed by atoms with Gasteiger partial charge in [-0.1, -0.05) is 6.92 Å². The van der Waals surface area contributed by atoms with Crippen LogP contribution in [-0.2, 0) is 0 Å². The molecule has 2 aromatic rings. The monoisotopic (exact) mass is 328 g/mol. The van der Waals surface area contributed by atoms with Crippen molar-refractivity contribution >= 4 is 17.4 Å². The third-order valence-electron chi connectivity index (χ3n) is 3.71. The maximum atomic E-state index is 12.3. The molecular weight excluding hydrogens is 308 g/mol. The average Bonchev–Trinajstić information content (AvgIpc) is 3.01. The lowest BCUT2D eigenvalue weighted by molar-refractivity contribution is 0.0934. The minimum Gasteiger partial charge on any atom is -0.454 e. The third-order valence-corrected chi connectivity index (χ3v) is 3.71. The molecule has 1 amide bonds. The van der Waals surface area contributed by atoms with Crippen molar-refractivity contribution in [3.05, 3.63) is 35.8 Å². The Morgan fingerprint density at radius 2 is 2.04 bits per heavy atom. The molecule has 126 valence electrons. The molecule has 0 bridgehead atoms. The van der Waals surface area contributed by atoms with Gasteiger partial charge in [-0.2, -0.15) is 0 Å². The molecule has 7 heteroatoms. The summed E-state index contributed by atoms with van der Waals surface area (Å²) in [7, 11) is 0. The fraction of sp³-hybridized carbons (Fsp3) is 0.353. The molecule has 0 saturated carbocycles. The lowest BCUT2D eigenvalue weighted by atomic mass is 10.2. The second kappa shape index (κ2) is 6.74. The van der Waals surface area contributed by atoms with Crippen LogP contribution < -0.4 is 20.1 Å². The van der Waals surface area contributed by atoms with Crippen molar-refractivity contribution in [2.45, 2.75) is 33.2 Å². The molecule has 7 nitrogen and oxygen atoms in total. The smallest absolute Gasteiger partial charge is 0.270 e. The zero-order chi connectivity index (χ0) is 17.1. The van der Waals surface area contributed by atoms with E-state index in [4.69, 9.17) is 9.47 Å². The van der Waals surface area contributed by atoms with Crippen LogP contribution in [0, 0.1) is 6.92 Å². The molecule has 0 saturated heterocycles. The Labute approximate surface area is 140 Å². The Kier molecular flexibility index (Phi) is 4.50. The van der Waals surface area contributed by atoms with Gasteiger partial charge in [0.05, 0.1) is 0 Å². The van der Waals surface area contributed by atoms with E-state index in [-0.39, 0.29) is 18.7 Å². The number of aryl methyl sites for hydroxylation is 1. The number of anilines is 2. The highest BCUT2D eigenvalue weighted by Gasteiger charge is 2.15. The van der Waals surface area contributed by atoms with Gasteiger partial charge in [0.1, 0.15) is 17.3 Å². The number of nitrogens with zero attached hydrogens (tertiary/aromatic N) is 2. The Balaban J connectivity index is 1.80. The van der Waals surface area contributed by atoms with E-state index in [0.29, 0.717) is 28.8 Å². The average molecular weight is 328 g/mol. The number of fused-ring (bicyclic) bond motifs is 1. The summed E-state index contributed by atoms with van der Waals surface area (Å²) in [5.41, 5.74) is 1.14. The van der Waals surface area contributed by atoms with Crippen LogP contribution in [-0.4, -0.2) is 28.7 Å². The molecule has 0 aliphatic carbocycles. The highest BCUT2D eigenvalue weighted by Crippen LogP contribution is 2.34. The van der Waals surface area contributed by atoms with Gasteiger partial charge in [-0.3, -0.25) is 4.79 Å². The number of hydrogen-bond donors (Lipinski definition) is 2. The number of aromatic nitrogens is 2. The minimum atomic E-state index is -0.205. The number of carbonyl (C=O) groups excluding carboxylic acids is 1. The van der Waals surface area contributed by atoms with E-state index >= 15 is 0 Å². The van der Waals surface area contributed by atoms with Crippen molar-refractivity contribution in [1.82, 2.24) is 15.3 Å². The van der Waals surface area contributed by atoms with Crippen molar-refractivity contribution in [1.29, 1.82) is 0 Å². The summed E-state index contributed by atoms with van der Waals surface area (Å²) in [4.78, 5) is 20.8. The lowest BCUT2D eigenvalue weighted by Gasteiger charge is -2.12. The van der Waals surface area contributed by atoms with E-state index in [1.165, 1.54) is 0 Å². The number of nitrogens with one attached hydrogen (secondary N) is 2. The molecule has 3 rings (SSSR count). The first-order chi connectivity index (χ1) is 11.5. The van der Waals surface area contributed by atoms with Gasteiger partial charge in [-0.25, -0.2) is 9.97 Å². The number of hydrogen-bond acceptors (Lipinski definition) is 6. The molecule has 2 N–H and O–H groups in total. The maximum absolute atomic E-state index is 12.3. The van der Waals surface area contributed by atoms with E-state index in [9.17, 15) is 4.79 Å². The molecule has 1 aliphatic heterocycles. The summed E-state index contributed by atoms with van der Waals surface area (Å²) >= 11 is 0. The summed E-state index contributed by atoms with van der Waals surface area (Å²) < 4.78 is 10.7. The number of rotatable bonds is 5. The molecule has 1 aromatic carbocycles. The molecule has 1 atom stereocenters. The molecule has 1 aromatic heterocycles. The van der Waals surface area contributed by atoms with E-state index in [1.807, 2.05) is 32.0 Å². The number of amides is 1. The molecule has 0 radical (unpaired) electrons. The molecule has 0 spiro atoms. The van der Waals surface area contributed by atoms with Gasteiger partial charge in [0.2, 0.25) is 6.79 Å². The zero-order valence-electron chi connectivity index (χ0n) is 13.9. The van der Waals surface area contributed by atoms with Crippen LogP contribution in [0.5, 0.6) is 11.5 Å². The zero-order valence-corrected chi connectivity index (χ0v) is 13.9. The Morgan fingerprint density at radius 3 is 2.83 bits per heavy atom. The molecular formula is C17H20N4O3. The Bertz CT molecular complexity index is 763. The molecule has 2 heterocycles. The first-order valence-corrected chi connectivity index (χ1v) is 7.88. The van der Waals surface area contributed by atoms with Crippen molar-refractivity contribution in [2.75, 3.05) is 12.1 Å². The summed E-state index contributed by atoms with van der Waals surface area (Å²) in [5.74, 6) is 2.27. The molecule has 24 heavy (non-hydrogen) atoms. The maximum Gasteiger partial charge on any atom is 0.270 e. The van der Waals surface area contributed by atoms with Gasteiger partial charge in [-0.05, 0) is 32.4 Å². The highest BCUT2D eigenvalue weighted by molar-refractivity contribution is 5.93. The fourth-order valence-corrected chi connectivity index (χ4v) is 2.27. The SMILES string of the molecule is CCC(C)NC(=O)c1cc(Nc2ccc3c(c2)OCO3)nc(C)n1. The summed E-state index contributed by atoms with van der Waals surface area (Å²) in [6.45, 7) is 5.96. The Hall–Kier alpha value is -2.83. The van der Waals surface area contributed by atoms with Crippen molar-refractivity contribution < 1.29 is 14.3 Å². The first-order valence-electron chi connectivity index (χ1n) is 7.88. The third kappa shape index (κ3) is 3.56. The standard InChI is InChI=1S/C17H20N4O3/c1-4-10(2)18-17(22)13-8-16(20-11(3)19-13)21-12-5-6-14-15(7-12)24-9-23-14/h5-8,10H,4,9H2,1-3H3,(H,18,22)(H,19,20,21). The number of ether oxygens (including phenoxy) is 2. The van der Waals surface area contributed by atoms with Crippen molar-refractivity contribution in [3.8, 4) is 11.5 Å². The second-order valence-electron chi connectivity index (χ2n) is 5.66. The van der Waals surface area contributed by atoms with Gasteiger partial charge >= 0.3 is 0 Å².